The van der Waals surface area contributed by atoms with E-state index in [9.17, 15) is 19.2 Å². The van der Waals surface area contributed by atoms with Gasteiger partial charge in [-0.25, -0.2) is 5.43 Å². The Morgan fingerprint density at radius 2 is 1.93 bits per heavy atom. The molecule has 210 valence electrons. The predicted octanol–water partition coefficient (Wildman–Crippen LogP) is 2.71. The van der Waals surface area contributed by atoms with E-state index in [0.717, 1.165) is 16.3 Å². The average Bonchev–Trinajstić information content (AvgIpc) is 3.75. The van der Waals surface area contributed by atoms with Crippen molar-refractivity contribution in [1.82, 2.24) is 26.1 Å². The van der Waals surface area contributed by atoms with Crippen LogP contribution in [0.2, 0.25) is 0 Å². The van der Waals surface area contributed by atoms with Crippen molar-refractivity contribution in [3.63, 3.8) is 0 Å². The molecule has 1 spiro atoms. The van der Waals surface area contributed by atoms with Gasteiger partial charge in [0.15, 0.2) is 0 Å². The SMILES string of the molecule is C=CC[C@@H]1NC(=O)C2(/C=C/c3cc4cc(ccc4cn3)[C@@H](C)OC(=O)[C@@H]3CCCN(N3)C(=O)[C@H](C)NC1=O)CC2. The van der Waals surface area contributed by atoms with Gasteiger partial charge < -0.3 is 15.4 Å². The number of aromatic nitrogens is 1. The minimum atomic E-state index is -0.883. The predicted molar refractivity (Wildman–Crippen MR) is 149 cm³/mol. The molecule has 2 aromatic rings. The van der Waals surface area contributed by atoms with Crippen molar-refractivity contribution in [2.45, 2.75) is 70.2 Å². The largest absolute Gasteiger partial charge is 0.457 e. The minimum absolute atomic E-state index is 0.209. The van der Waals surface area contributed by atoms with Gasteiger partial charge in [0.05, 0.1) is 11.1 Å². The highest BCUT2D eigenvalue weighted by atomic mass is 16.5. The first-order valence-corrected chi connectivity index (χ1v) is 13.8. The molecule has 1 aromatic carbocycles. The van der Waals surface area contributed by atoms with Gasteiger partial charge in [-0.05, 0) is 75.1 Å². The Labute approximate surface area is 233 Å². The molecule has 40 heavy (non-hydrogen) atoms. The molecule has 0 radical (unpaired) electrons. The lowest BCUT2D eigenvalue weighted by Crippen LogP contribution is -2.60. The summed E-state index contributed by atoms with van der Waals surface area (Å²) in [5.41, 5.74) is 3.79. The van der Waals surface area contributed by atoms with E-state index in [1.54, 1.807) is 19.2 Å². The first kappa shape index (κ1) is 27.5. The van der Waals surface area contributed by atoms with E-state index in [1.807, 2.05) is 43.3 Å². The molecule has 1 saturated heterocycles. The molecule has 4 atom stereocenters. The van der Waals surface area contributed by atoms with Gasteiger partial charge in [0, 0.05) is 18.1 Å². The summed E-state index contributed by atoms with van der Waals surface area (Å²) in [7, 11) is 0. The van der Waals surface area contributed by atoms with Gasteiger partial charge in [-0.15, -0.1) is 6.58 Å². The Hall–Kier alpha value is -4.05. The van der Waals surface area contributed by atoms with Crippen LogP contribution >= 0.6 is 0 Å². The van der Waals surface area contributed by atoms with Crippen LogP contribution in [0.4, 0.5) is 0 Å². The highest BCUT2D eigenvalue weighted by Crippen LogP contribution is 2.47. The van der Waals surface area contributed by atoms with Crippen molar-refractivity contribution in [2.75, 3.05) is 6.54 Å². The number of nitrogens with one attached hydrogen (secondary N) is 3. The topological polar surface area (TPSA) is 130 Å². The van der Waals surface area contributed by atoms with Crippen LogP contribution in [0.1, 0.15) is 63.3 Å². The fourth-order valence-electron chi connectivity index (χ4n) is 5.12. The van der Waals surface area contributed by atoms with Crippen molar-refractivity contribution in [3.05, 3.63) is 60.5 Å². The summed E-state index contributed by atoms with van der Waals surface area (Å²) in [6.07, 6.45) is 9.15. The molecule has 3 heterocycles. The molecule has 10 heteroatoms. The lowest BCUT2D eigenvalue weighted by molar-refractivity contribution is -0.157. The lowest BCUT2D eigenvalue weighted by Gasteiger charge is -2.35. The van der Waals surface area contributed by atoms with Crippen LogP contribution in [0.5, 0.6) is 0 Å². The van der Waals surface area contributed by atoms with Gasteiger partial charge in [0.25, 0.3) is 5.91 Å². The summed E-state index contributed by atoms with van der Waals surface area (Å²) in [5, 5.41) is 8.81. The van der Waals surface area contributed by atoms with Gasteiger partial charge in [0.2, 0.25) is 11.8 Å². The third-order valence-electron chi connectivity index (χ3n) is 7.83. The summed E-state index contributed by atoms with van der Waals surface area (Å²) in [5.74, 6) is -1.56. The van der Waals surface area contributed by atoms with E-state index in [2.05, 4.69) is 27.6 Å². The lowest BCUT2D eigenvalue weighted by atomic mass is 10.0. The van der Waals surface area contributed by atoms with Gasteiger partial charge in [-0.1, -0.05) is 24.3 Å². The van der Waals surface area contributed by atoms with Gasteiger partial charge in [0.1, 0.15) is 24.2 Å². The van der Waals surface area contributed by atoms with E-state index in [0.29, 0.717) is 37.9 Å². The Morgan fingerprint density at radius 1 is 1.12 bits per heavy atom. The summed E-state index contributed by atoms with van der Waals surface area (Å²) in [6, 6.07) is 5.29. The monoisotopic (exact) mass is 545 g/mol. The second-order valence-electron chi connectivity index (χ2n) is 10.9. The zero-order valence-electron chi connectivity index (χ0n) is 22.8. The Morgan fingerprint density at radius 3 is 2.67 bits per heavy atom. The molecule has 2 aliphatic heterocycles. The molecule has 3 aliphatic rings. The van der Waals surface area contributed by atoms with Crippen LogP contribution in [-0.2, 0) is 23.9 Å². The number of rotatable bonds is 2. The molecule has 5 rings (SSSR count). The van der Waals surface area contributed by atoms with Crippen molar-refractivity contribution < 1.29 is 23.9 Å². The maximum absolute atomic E-state index is 13.3. The van der Waals surface area contributed by atoms with Crippen LogP contribution < -0.4 is 16.1 Å². The van der Waals surface area contributed by atoms with Crippen molar-refractivity contribution >= 4 is 40.5 Å². The van der Waals surface area contributed by atoms with Gasteiger partial charge in [-0.3, -0.25) is 29.2 Å². The number of carbonyl (C=O) groups is 4. The maximum atomic E-state index is 13.3. The second-order valence-corrected chi connectivity index (χ2v) is 10.9. The normalized spacial score (nSPS) is 28.0. The molecular formula is C30H35N5O5. The maximum Gasteiger partial charge on any atom is 0.325 e. The molecule has 5 bridgehead atoms. The number of amides is 3. The standard InChI is InChI=1S/C30H35N5O5/c1-4-6-24-26(36)32-18(2)27(37)35-14-5-7-25(34-35)28(38)40-19(3)20-8-9-21-17-31-23(16-22(21)15-20)10-11-30(12-13-30)29(39)33-24/h4,8-11,15-19,24-25,34H,1,5-7,12-14H2,2-3H3,(H,32,36)(H,33,39)/b11-10+/t18-,19+,24-,25-/m0/s1. The zero-order valence-corrected chi connectivity index (χ0v) is 22.8. The van der Waals surface area contributed by atoms with Crippen LogP contribution in [0.15, 0.2) is 49.2 Å². The van der Waals surface area contributed by atoms with E-state index in [1.165, 1.54) is 5.01 Å². The zero-order chi connectivity index (χ0) is 28.4. The number of hydrazine groups is 1. The number of ether oxygens (including phenoxy) is 1. The molecule has 10 nitrogen and oxygen atoms in total. The van der Waals surface area contributed by atoms with Crippen LogP contribution in [0, 0.1) is 5.41 Å². The Bertz CT molecular complexity index is 1380. The molecule has 3 N–H and O–H groups in total. The average molecular weight is 546 g/mol. The minimum Gasteiger partial charge on any atom is -0.457 e. The molecule has 0 unspecified atom stereocenters. The second kappa shape index (κ2) is 11.2. The highest BCUT2D eigenvalue weighted by molar-refractivity contribution is 5.95. The smallest absolute Gasteiger partial charge is 0.325 e. The van der Waals surface area contributed by atoms with Gasteiger partial charge in [-0.2, -0.15) is 0 Å². The quantitative estimate of drug-likeness (QED) is 0.391. The van der Waals surface area contributed by atoms with E-state index in [4.69, 9.17) is 4.74 Å². The summed E-state index contributed by atoms with van der Waals surface area (Å²) in [4.78, 5) is 57.1. The molecule has 1 aromatic heterocycles. The first-order chi connectivity index (χ1) is 19.2. The number of hydrogen-bond acceptors (Lipinski definition) is 7. The number of cyclic esters (lactones) is 1. The van der Waals surface area contributed by atoms with Crippen molar-refractivity contribution in [1.29, 1.82) is 0 Å². The fourth-order valence-corrected chi connectivity index (χ4v) is 5.12. The number of nitrogens with zero attached hydrogens (tertiary/aromatic N) is 2. The highest BCUT2D eigenvalue weighted by Gasteiger charge is 2.48. The third-order valence-corrected chi connectivity index (χ3v) is 7.83. The van der Waals surface area contributed by atoms with Gasteiger partial charge >= 0.3 is 5.97 Å². The van der Waals surface area contributed by atoms with Crippen LogP contribution in [0.25, 0.3) is 16.8 Å². The Kier molecular flexibility index (Phi) is 7.71. The van der Waals surface area contributed by atoms with E-state index < -0.39 is 41.5 Å². The van der Waals surface area contributed by atoms with Crippen LogP contribution in [-0.4, -0.2) is 58.4 Å². The summed E-state index contributed by atoms with van der Waals surface area (Å²) < 4.78 is 5.79. The number of esters is 1. The third kappa shape index (κ3) is 5.77. The molecule has 1 aliphatic carbocycles. The summed E-state index contributed by atoms with van der Waals surface area (Å²) >= 11 is 0. The Balaban J connectivity index is 1.48. The number of benzene rings is 1. The molecule has 1 saturated carbocycles. The van der Waals surface area contributed by atoms with E-state index >= 15 is 0 Å². The van der Waals surface area contributed by atoms with E-state index in [-0.39, 0.29) is 18.2 Å². The molecular weight excluding hydrogens is 510 g/mol. The number of pyridine rings is 1. The van der Waals surface area contributed by atoms with Crippen LogP contribution in [0.3, 0.4) is 0 Å². The number of hydrogen-bond donors (Lipinski definition) is 3. The van der Waals surface area contributed by atoms with Crippen molar-refractivity contribution in [3.8, 4) is 0 Å². The molecule has 2 fully saturated rings. The summed E-state index contributed by atoms with van der Waals surface area (Å²) in [6.45, 7) is 7.50. The fraction of sp³-hybridized carbons (Fsp3) is 0.433. The number of fused-ring (bicyclic) bond motifs is 4. The number of carbonyl (C=O) groups excluding carboxylic acids is 4. The first-order valence-electron chi connectivity index (χ1n) is 13.8. The molecule has 3 amide bonds. The van der Waals surface area contributed by atoms with Crippen molar-refractivity contribution in [2.24, 2.45) is 5.41 Å².